The molecule has 0 amide bonds. The largest absolute Gasteiger partial charge is 0.481 e. The summed E-state index contributed by atoms with van der Waals surface area (Å²) in [4.78, 5) is 15.7. The van der Waals surface area contributed by atoms with E-state index in [1.807, 2.05) is 36.7 Å². The molecule has 0 atom stereocenters. The second-order valence-corrected chi connectivity index (χ2v) is 5.37. The molecule has 0 aliphatic rings. The van der Waals surface area contributed by atoms with Crippen LogP contribution in [0.4, 0.5) is 0 Å². The van der Waals surface area contributed by atoms with Crippen LogP contribution in [0.1, 0.15) is 25.2 Å². The van der Waals surface area contributed by atoms with Gasteiger partial charge in [-0.25, -0.2) is 4.98 Å². The second kappa shape index (κ2) is 4.12. The molecule has 96 valence electrons. The summed E-state index contributed by atoms with van der Waals surface area (Å²) in [6.07, 6.45) is 0.499. The van der Waals surface area contributed by atoms with Crippen LogP contribution in [0.2, 0.25) is 0 Å². The van der Waals surface area contributed by atoms with Crippen molar-refractivity contribution < 1.29 is 9.90 Å². The van der Waals surface area contributed by atoms with Crippen LogP contribution in [-0.2, 0) is 18.3 Å². The van der Waals surface area contributed by atoms with E-state index < -0.39 is 11.4 Å². The number of imidazole rings is 1. The molecule has 0 bridgehead atoms. The molecule has 2 rings (SSSR count). The third-order valence-electron chi connectivity index (χ3n) is 3.41. The Bertz CT molecular complexity index is 612. The normalized spacial score (nSPS) is 12.0. The lowest BCUT2D eigenvalue weighted by Gasteiger charge is -2.19. The summed E-state index contributed by atoms with van der Waals surface area (Å²) >= 11 is 0. The van der Waals surface area contributed by atoms with E-state index in [2.05, 4.69) is 4.98 Å². The van der Waals surface area contributed by atoms with Crippen molar-refractivity contribution in [3.8, 4) is 0 Å². The van der Waals surface area contributed by atoms with Crippen molar-refractivity contribution in [3.63, 3.8) is 0 Å². The van der Waals surface area contributed by atoms with Crippen molar-refractivity contribution in [3.05, 3.63) is 29.6 Å². The molecule has 4 heteroatoms. The number of carbonyl (C=O) groups is 1. The summed E-state index contributed by atoms with van der Waals surface area (Å²) in [6, 6.07) is 5.87. The fraction of sp³-hybridized carbons (Fsp3) is 0.429. The first-order valence-corrected chi connectivity index (χ1v) is 5.97. The number of fused-ring (bicyclic) bond motifs is 1. The molecular weight excluding hydrogens is 228 g/mol. The Kier molecular flexibility index (Phi) is 2.89. The highest BCUT2D eigenvalue weighted by Gasteiger charge is 2.28. The number of para-hydroxylation sites is 1. The van der Waals surface area contributed by atoms with Gasteiger partial charge in [0.25, 0.3) is 0 Å². The molecule has 1 N–H and O–H groups in total. The Hall–Kier alpha value is -1.84. The van der Waals surface area contributed by atoms with Gasteiger partial charge in [-0.1, -0.05) is 12.1 Å². The van der Waals surface area contributed by atoms with Gasteiger partial charge in [0.05, 0.1) is 16.4 Å². The highest BCUT2D eigenvalue weighted by Crippen LogP contribution is 2.27. The first kappa shape index (κ1) is 12.6. The summed E-state index contributed by atoms with van der Waals surface area (Å²) in [5.74, 6) is 0.156. The van der Waals surface area contributed by atoms with Gasteiger partial charge in [0.1, 0.15) is 5.82 Å². The Labute approximate surface area is 106 Å². The molecular formula is C14H18N2O2. The van der Waals surface area contributed by atoms with E-state index in [1.165, 1.54) is 0 Å². The van der Waals surface area contributed by atoms with Gasteiger partial charge in [0.2, 0.25) is 0 Å². The molecule has 18 heavy (non-hydrogen) atoms. The Balaban J connectivity index is 2.55. The highest BCUT2D eigenvalue weighted by molar-refractivity contribution is 5.81. The number of aryl methyl sites for hydroxylation is 2. The maximum atomic E-state index is 11.2. The summed E-state index contributed by atoms with van der Waals surface area (Å²) in [7, 11) is 1.96. The second-order valence-electron chi connectivity index (χ2n) is 5.37. The van der Waals surface area contributed by atoms with Gasteiger partial charge in [0.15, 0.2) is 0 Å². The zero-order chi connectivity index (χ0) is 13.5. The number of carboxylic acids is 1. The zero-order valence-electron chi connectivity index (χ0n) is 11.2. The molecule has 1 aromatic carbocycles. The zero-order valence-corrected chi connectivity index (χ0v) is 11.2. The first-order valence-electron chi connectivity index (χ1n) is 5.97. The number of benzene rings is 1. The van der Waals surface area contributed by atoms with Crippen LogP contribution in [0, 0.1) is 12.3 Å². The molecule has 0 unspecified atom stereocenters. The van der Waals surface area contributed by atoms with Crippen LogP contribution in [0.5, 0.6) is 0 Å². The van der Waals surface area contributed by atoms with Crippen LogP contribution in [0.15, 0.2) is 18.2 Å². The first-order chi connectivity index (χ1) is 8.33. The molecule has 2 aromatic rings. The van der Waals surface area contributed by atoms with E-state index in [9.17, 15) is 9.90 Å². The smallest absolute Gasteiger partial charge is 0.309 e. The van der Waals surface area contributed by atoms with Crippen LogP contribution in [-0.4, -0.2) is 20.6 Å². The topological polar surface area (TPSA) is 55.1 Å². The van der Waals surface area contributed by atoms with Gasteiger partial charge in [-0.3, -0.25) is 4.79 Å². The number of aromatic nitrogens is 2. The van der Waals surface area contributed by atoms with E-state index in [0.29, 0.717) is 6.42 Å². The monoisotopic (exact) mass is 246 g/mol. The van der Waals surface area contributed by atoms with Crippen molar-refractivity contribution in [2.24, 2.45) is 12.5 Å². The molecule has 0 radical (unpaired) electrons. The molecule has 0 fully saturated rings. The summed E-state index contributed by atoms with van der Waals surface area (Å²) in [5.41, 5.74) is 2.22. The van der Waals surface area contributed by atoms with E-state index in [0.717, 1.165) is 22.4 Å². The van der Waals surface area contributed by atoms with Crippen LogP contribution in [0.3, 0.4) is 0 Å². The molecule has 0 aliphatic carbocycles. The lowest BCUT2D eigenvalue weighted by molar-refractivity contribution is -0.146. The molecule has 0 saturated heterocycles. The highest BCUT2D eigenvalue weighted by atomic mass is 16.4. The SMILES string of the molecule is Cc1nc2cccc(CC(C)(C)C(=O)O)c2n1C. The van der Waals surface area contributed by atoms with Gasteiger partial charge in [-0.15, -0.1) is 0 Å². The van der Waals surface area contributed by atoms with E-state index in [1.54, 1.807) is 13.8 Å². The molecule has 0 aliphatic heterocycles. The number of aliphatic carboxylic acids is 1. The Morgan fingerprint density at radius 1 is 1.44 bits per heavy atom. The van der Waals surface area contributed by atoms with E-state index >= 15 is 0 Å². The number of hydrogen-bond donors (Lipinski definition) is 1. The molecule has 0 spiro atoms. The number of nitrogens with zero attached hydrogens (tertiary/aromatic N) is 2. The molecule has 1 aromatic heterocycles. The summed E-state index contributed by atoms with van der Waals surface area (Å²) in [6.45, 7) is 5.45. The predicted molar refractivity (Wildman–Crippen MR) is 70.6 cm³/mol. The average Bonchev–Trinajstić information content (AvgIpc) is 2.55. The third-order valence-corrected chi connectivity index (χ3v) is 3.41. The Morgan fingerprint density at radius 3 is 2.72 bits per heavy atom. The number of carboxylic acid groups (broad SMARTS) is 1. The predicted octanol–water partition coefficient (Wildman–Crippen LogP) is 2.54. The van der Waals surface area contributed by atoms with Crippen molar-refractivity contribution >= 4 is 17.0 Å². The number of hydrogen-bond acceptors (Lipinski definition) is 2. The summed E-state index contributed by atoms with van der Waals surface area (Å²) < 4.78 is 2.02. The van der Waals surface area contributed by atoms with E-state index in [4.69, 9.17) is 0 Å². The van der Waals surface area contributed by atoms with Gasteiger partial charge >= 0.3 is 5.97 Å². The minimum Gasteiger partial charge on any atom is -0.481 e. The van der Waals surface area contributed by atoms with Crippen molar-refractivity contribution in [2.45, 2.75) is 27.2 Å². The average molecular weight is 246 g/mol. The van der Waals surface area contributed by atoms with Gasteiger partial charge in [0, 0.05) is 7.05 Å². The van der Waals surface area contributed by atoms with Crippen molar-refractivity contribution in [2.75, 3.05) is 0 Å². The quantitative estimate of drug-likeness (QED) is 0.905. The molecule has 0 saturated carbocycles. The fourth-order valence-electron chi connectivity index (χ4n) is 2.16. The van der Waals surface area contributed by atoms with Crippen LogP contribution >= 0.6 is 0 Å². The van der Waals surface area contributed by atoms with E-state index in [-0.39, 0.29) is 0 Å². The van der Waals surface area contributed by atoms with Gasteiger partial charge in [-0.2, -0.15) is 0 Å². The lowest BCUT2D eigenvalue weighted by Crippen LogP contribution is -2.26. The maximum Gasteiger partial charge on any atom is 0.309 e. The fourth-order valence-corrected chi connectivity index (χ4v) is 2.16. The standard InChI is InChI=1S/C14H18N2O2/c1-9-15-11-7-5-6-10(12(11)16(9)4)8-14(2,3)13(17)18/h5-7H,8H2,1-4H3,(H,17,18). The third kappa shape index (κ3) is 1.98. The molecule has 1 heterocycles. The van der Waals surface area contributed by atoms with Gasteiger partial charge < -0.3 is 9.67 Å². The van der Waals surface area contributed by atoms with Crippen molar-refractivity contribution in [1.82, 2.24) is 9.55 Å². The van der Waals surface area contributed by atoms with Crippen LogP contribution in [0.25, 0.3) is 11.0 Å². The van der Waals surface area contributed by atoms with Gasteiger partial charge in [-0.05, 0) is 38.8 Å². The summed E-state index contributed by atoms with van der Waals surface area (Å²) in [5, 5.41) is 9.23. The Morgan fingerprint density at radius 2 is 2.11 bits per heavy atom. The van der Waals surface area contributed by atoms with Crippen LogP contribution < -0.4 is 0 Å². The maximum absolute atomic E-state index is 11.2. The molecule has 4 nitrogen and oxygen atoms in total. The number of rotatable bonds is 3. The minimum atomic E-state index is -0.779. The van der Waals surface area contributed by atoms with Crippen molar-refractivity contribution in [1.29, 1.82) is 0 Å². The minimum absolute atomic E-state index is 0.499. The lowest BCUT2D eigenvalue weighted by atomic mass is 9.85.